The van der Waals surface area contributed by atoms with E-state index in [-0.39, 0.29) is 5.69 Å². The molecule has 0 aliphatic carbocycles. The molecule has 2 rings (SSSR count). The molecule has 0 fully saturated rings. The topological polar surface area (TPSA) is 95.1 Å². The lowest BCUT2D eigenvalue weighted by atomic mass is 10.1. The first-order valence-corrected chi connectivity index (χ1v) is 6.21. The predicted octanol–water partition coefficient (Wildman–Crippen LogP) is 0.577. The third kappa shape index (κ3) is 3.33. The quantitative estimate of drug-likeness (QED) is 0.473. The third-order valence-electron chi connectivity index (χ3n) is 2.82. The second-order valence-electron chi connectivity index (χ2n) is 4.46. The molecule has 0 unspecified atom stereocenters. The van der Waals surface area contributed by atoms with Gasteiger partial charge in [0.25, 0.3) is 5.91 Å². The van der Waals surface area contributed by atoms with Gasteiger partial charge in [-0.05, 0) is 31.0 Å². The van der Waals surface area contributed by atoms with Gasteiger partial charge < -0.3 is 4.74 Å². The Kier molecular flexibility index (Phi) is 4.31. The predicted molar refractivity (Wildman–Crippen MR) is 73.1 cm³/mol. The van der Waals surface area contributed by atoms with Crippen LogP contribution in [-0.2, 0) is 6.54 Å². The summed E-state index contributed by atoms with van der Waals surface area (Å²) in [5.41, 5.74) is 4.41. The van der Waals surface area contributed by atoms with E-state index >= 15 is 0 Å². The fourth-order valence-corrected chi connectivity index (χ4v) is 1.70. The Balaban J connectivity index is 1.91. The molecular formula is C13H17N5O2. The van der Waals surface area contributed by atoms with Crippen LogP contribution in [0.5, 0.6) is 5.75 Å². The Hall–Kier alpha value is -2.41. The van der Waals surface area contributed by atoms with Crippen molar-refractivity contribution in [3.05, 3.63) is 41.2 Å². The molecule has 7 heteroatoms. The van der Waals surface area contributed by atoms with Gasteiger partial charge in [-0.15, -0.1) is 5.10 Å². The number of amides is 1. The summed E-state index contributed by atoms with van der Waals surface area (Å²) in [6, 6.07) is 6.05. The van der Waals surface area contributed by atoms with Crippen LogP contribution in [0.4, 0.5) is 0 Å². The van der Waals surface area contributed by atoms with Gasteiger partial charge in [-0.2, -0.15) is 0 Å². The Morgan fingerprint density at radius 1 is 1.45 bits per heavy atom. The van der Waals surface area contributed by atoms with Gasteiger partial charge in [0, 0.05) is 0 Å². The lowest BCUT2D eigenvalue weighted by Gasteiger charge is -2.09. The summed E-state index contributed by atoms with van der Waals surface area (Å²) in [6.45, 7) is 4.95. The molecule has 0 atom stereocenters. The summed E-state index contributed by atoms with van der Waals surface area (Å²) in [5, 5.41) is 7.54. The largest absolute Gasteiger partial charge is 0.491 e. The van der Waals surface area contributed by atoms with Gasteiger partial charge in [0.05, 0.1) is 12.7 Å². The third-order valence-corrected chi connectivity index (χ3v) is 2.82. The number of hydrazine groups is 1. The van der Waals surface area contributed by atoms with Crippen LogP contribution in [0.2, 0.25) is 0 Å². The second kappa shape index (κ2) is 6.16. The highest BCUT2D eigenvalue weighted by Gasteiger charge is 2.08. The smallest absolute Gasteiger partial charge is 0.287 e. The number of nitrogens with one attached hydrogen (secondary N) is 1. The molecule has 1 heterocycles. The molecule has 1 aromatic carbocycles. The monoisotopic (exact) mass is 275 g/mol. The number of ether oxygens (including phenoxy) is 1. The number of nitrogens with two attached hydrogens (primary N) is 1. The molecule has 0 aliphatic rings. The summed E-state index contributed by atoms with van der Waals surface area (Å²) in [4.78, 5) is 11.2. The first-order chi connectivity index (χ1) is 9.60. The van der Waals surface area contributed by atoms with Gasteiger partial charge in [0.1, 0.15) is 12.4 Å². The van der Waals surface area contributed by atoms with Crippen LogP contribution in [0, 0.1) is 13.8 Å². The van der Waals surface area contributed by atoms with Gasteiger partial charge in [-0.1, -0.05) is 17.3 Å². The van der Waals surface area contributed by atoms with Crippen LogP contribution in [0.1, 0.15) is 21.6 Å². The number of rotatable bonds is 5. The summed E-state index contributed by atoms with van der Waals surface area (Å²) in [6.07, 6.45) is 1.52. The Morgan fingerprint density at radius 2 is 2.25 bits per heavy atom. The Labute approximate surface area is 116 Å². The summed E-state index contributed by atoms with van der Waals surface area (Å²) in [7, 11) is 0. The summed E-state index contributed by atoms with van der Waals surface area (Å²) >= 11 is 0. The van der Waals surface area contributed by atoms with Crippen molar-refractivity contribution in [3.8, 4) is 5.75 Å². The molecule has 20 heavy (non-hydrogen) atoms. The summed E-state index contributed by atoms with van der Waals surface area (Å²) < 4.78 is 7.24. The van der Waals surface area contributed by atoms with E-state index in [1.165, 1.54) is 10.9 Å². The first-order valence-electron chi connectivity index (χ1n) is 6.21. The lowest BCUT2D eigenvalue weighted by molar-refractivity contribution is 0.0948. The van der Waals surface area contributed by atoms with E-state index in [1.807, 2.05) is 37.5 Å². The van der Waals surface area contributed by atoms with Gasteiger partial charge in [-0.25, -0.2) is 10.5 Å². The molecule has 2 aromatic rings. The van der Waals surface area contributed by atoms with Gasteiger partial charge >= 0.3 is 0 Å². The van der Waals surface area contributed by atoms with Crippen LogP contribution in [0.25, 0.3) is 0 Å². The minimum Gasteiger partial charge on any atom is -0.491 e. The van der Waals surface area contributed by atoms with Crippen molar-refractivity contribution in [1.82, 2.24) is 20.4 Å². The van der Waals surface area contributed by atoms with Crippen LogP contribution >= 0.6 is 0 Å². The first kappa shape index (κ1) is 14.0. The molecular weight excluding hydrogens is 258 g/mol. The molecule has 106 valence electrons. The zero-order valence-corrected chi connectivity index (χ0v) is 11.5. The van der Waals surface area contributed by atoms with Crippen molar-refractivity contribution in [2.24, 2.45) is 5.84 Å². The molecule has 1 amide bonds. The average Bonchev–Trinajstić information content (AvgIpc) is 2.90. The number of nitrogens with zero attached hydrogens (tertiary/aromatic N) is 3. The van der Waals surface area contributed by atoms with Crippen molar-refractivity contribution in [1.29, 1.82) is 0 Å². The number of aromatic nitrogens is 3. The molecule has 0 aliphatic heterocycles. The molecule has 0 bridgehead atoms. The number of carbonyl (C=O) groups excluding carboxylic acids is 1. The van der Waals surface area contributed by atoms with E-state index in [0.717, 1.165) is 16.9 Å². The summed E-state index contributed by atoms with van der Waals surface area (Å²) in [5.74, 6) is 5.40. The normalized spacial score (nSPS) is 10.3. The number of carbonyl (C=O) groups is 1. The van der Waals surface area contributed by atoms with Gasteiger partial charge in [0.2, 0.25) is 0 Å². The van der Waals surface area contributed by atoms with Gasteiger partial charge in [-0.3, -0.25) is 10.2 Å². The highest BCUT2D eigenvalue weighted by molar-refractivity contribution is 5.91. The number of hydrogen-bond acceptors (Lipinski definition) is 5. The van der Waals surface area contributed by atoms with E-state index < -0.39 is 5.91 Å². The van der Waals surface area contributed by atoms with Crippen molar-refractivity contribution in [2.75, 3.05) is 6.61 Å². The van der Waals surface area contributed by atoms with Crippen molar-refractivity contribution < 1.29 is 9.53 Å². The minimum atomic E-state index is -0.466. The molecule has 0 spiro atoms. The zero-order chi connectivity index (χ0) is 14.5. The van der Waals surface area contributed by atoms with E-state index in [4.69, 9.17) is 10.6 Å². The minimum absolute atomic E-state index is 0.180. The second-order valence-corrected chi connectivity index (χ2v) is 4.46. The molecule has 0 saturated heterocycles. The highest BCUT2D eigenvalue weighted by Crippen LogP contribution is 2.18. The van der Waals surface area contributed by atoms with Crippen LogP contribution in [-0.4, -0.2) is 27.5 Å². The van der Waals surface area contributed by atoms with E-state index in [1.54, 1.807) is 0 Å². The van der Waals surface area contributed by atoms with E-state index in [2.05, 4.69) is 10.3 Å². The number of nitrogen functional groups attached to an aromatic ring is 1. The standard InChI is InChI=1S/C13H17N5O2/c1-9-3-4-10(2)12(7-9)20-6-5-18-8-11(16-17-18)13(19)15-14/h3-4,7-8H,5-6,14H2,1-2H3,(H,15,19). The van der Waals surface area contributed by atoms with Crippen LogP contribution in [0.15, 0.2) is 24.4 Å². The molecule has 0 radical (unpaired) electrons. The fourth-order valence-electron chi connectivity index (χ4n) is 1.70. The maximum Gasteiger partial charge on any atom is 0.287 e. The number of aryl methyl sites for hydroxylation is 2. The maximum atomic E-state index is 11.2. The van der Waals surface area contributed by atoms with Crippen molar-refractivity contribution in [2.45, 2.75) is 20.4 Å². The van der Waals surface area contributed by atoms with E-state index in [9.17, 15) is 4.79 Å². The average molecular weight is 275 g/mol. The van der Waals surface area contributed by atoms with Gasteiger partial charge in [0.15, 0.2) is 5.69 Å². The van der Waals surface area contributed by atoms with Crippen LogP contribution < -0.4 is 16.0 Å². The molecule has 1 aromatic heterocycles. The highest BCUT2D eigenvalue weighted by atomic mass is 16.5. The van der Waals surface area contributed by atoms with Crippen molar-refractivity contribution in [3.63, 3.8) is 0 Å². The molecule has 0 saturated carbocycles. The number of hydrogen-bond donors (Lipinski definition) is 2. The number of benzene rings is 1. The molecule has 3 N–H and O–H groups in total. The lowest BCUT2D eigenvalue weighted by Crippen LogP contribution is -2.30. The molecule has 7 nitrogen and oxygen atoms in total. The zero-order valence-electron chi connectivity index (χ0n) is 11.5. The van der Waals surface area contributed by atoms with Crippen LogP contribution in [0.3, 0.4) is 0 Å². The SMILES string of the molecule is Cc1ccc(C)c(OCCn2cc(C(=O)NN)nn2)c1. The Bertz CT molecular complexity index is 609. The van der Waals surface area contributed by atoms with Crippen molar-refractivity contribution >= 4 is 5.91 Å². The maximum absolute atomic E-state index is 11.2. The van der Waals surface area contributed by atoms with E-state index in [0.29, 0.717) is 13.2 Å². The fraction of sp³-hybridized carbons (Fsp3) is 0.308. The Morgan fingerprint density at radius 3 is 3.00 bits per heavy atom.